The first-order valence-electron chi connectivity index (χ1n) is 8.89. The second kappa shape index (κ2) is 11.5. The van der Waals surface area contributed by atoms with E-state index in [0.29, 0.717) is 22.2 Å². The van der Waals surface area contributed by atoms with Crippen LogP contribution in [0.25, 0.3) is 16.2 Å². The molecule has 2 aromatic heterocycles. The number of hydrogen-bond acceptors (Lipinski definition) is 9. The van der Waals surface area contributed by atoms with Crippen molar-refractivity contribution >= 4 is 61.4 Å². The third-order valence-corrected chi connectivity index (χ3v) is 6.97. The van der Waals surface area contributed by atoms with Crippen molar-refractivity contribution in [1.82, 2.24) is 15.2 Å². The molecular weight excluding hydrogens is 517 g/mol. The molecular formula is C19H13ClN5NaO4S3. The average molecular weight is 530 g/mol. The van der Waals surface area contributed by atoms with Crippen LogP contribution in [0, 0.1) is 0 Å². The van der Waals surface area contributed by atoms with Gasteiger partial charge >= 0.3 is 29.6 Å². The van der Waals surface area contributed by atoms with E-state index < -0.39 is 10.0 Å². The number of aromatic nitrogens is 3. The first-order valence-corrected chi connectivity index (χ1v) is 12.6. The Balaban J connectivity index is 0.00000306. The van der Waals surface area contributed by atoms with Gasteiger partial charge in [-0.3, -0.25) is 4.79 Å². The molecule has 0 aliphatic rings. The number of nitrogens with zero attached hydrogens (tertiary/aromatic N) is 4. The van der Waals surface area contributed by atoms with E-state index in [-0.39, 0.29) is 56.5 Å². The van der Waals surface area contributed by atoms with Gasteiger partial charge in [0.1, 0.15) is 0 Å². The summed E-state index contributed by atoms with van der Waals surface area (Å²) in [7, 11) is -3.88. The molecule has 0 aliphatic heterocycles. The van der Waals surface area contributed by atoms with Crippen LogP contribution in [0.15, 0.2) is 74.6 Å². The Bertz CT molecular complexity index is 1330. The fraction of sp³-hybridized carbons (Fsp3) is 0.0526. The van der Waals surface area contributed by atoms with Gasteiger partial charge in [0.25, 0.3) is 5.22 Å². The molecule has 0 saturated carbocycles. The molecule has 0 saturated heterocycles. The number of anilines is 1. The number of thiazole rings is 1. The molecule has 0 bridgehead atoms. The van der Waals surface area contributed by atoms with Gasteiger partial charge in [-0.05, 0) is 47.8 Å². The van der Waals surface area contributed by atoms with Gasteiger partial charge in [0.2, 0.25) is 21.8 Å². The molecule has 0 fully saturated rings. The number of sulfonamides is 1. The zero-order valence-corrected chi connectivity index (χ0v) is 22.2. The zero-order valence-electron chi connectivity index (χ0n) is 17.0. The largest absolute Gasteiger partial charge is 1.00 e. The standard InChI is InChI=1S/C19H14ClN5O4S3.Na/c20-13-3-1-2-12(10-13)17-23-24-19(29-17)31-11-16(26)22-14-4-6-15(7-5-14)32(27,28)25-18-21-8-9-30-18;/h1-10H,11H2,(H2,21,22,25,26);/q;+1/p-1. The Kier molecular flexibility index (Phi) is 8.93. The summed E-state index contributed by atoms with van der Waals surface area (Å²) in [5.41, 5.74) is 1.12. The number of nitrogens with one attached hydrogen (secondary N) is 1. The maximum Gasteiger partial charge on any atom is 1.00 e. The summed E-state index contributed by atoms with van der Waals surface area (Å²) < 4.78 is 33.8. The Morgan fingerprint density at radius 3 is 2.67 bits per heavy atom. The summed E-state index contributed by atoms with van der Waals surface area (Å²) in [6.45, 7) is 0. The van der Waals surface area contributed by atoms with Crippen LogP contribution >= 0.6 is 34.7 Å². The van der Waals surface area contributed by atoms with E-state index >= 15 is 0 Å². The summed E-state index contributed by atoms with van der Waals surface area (Å²) in [4.78, 5) is 16.1. The molecule has 0 aliphatic carbocycles. The van der Waals surface area contributed by atoms with Gasteiger partial charge < -0.3 is 19.4 Å². The Hall–Kier alpha value is -1.93. The predicted molar refractivity (Wildman–Crippen MR) is 123 cm³/mol. The van der Waals surface area contributed by atoms with E-state index in [4.69, 9.17) is 16.0 Å². The summed E-state index contributed by atoms with van der Waals surface area (Å²) in [5.74, 6) is 0.00678. The fourth-order valence-electron chi connectivity index (χ4n) is 2.46. The minimum absolute atomic E-state index is 0. The number of halogens is 1. The molecule has 2 aromatic carbocycles. The SMILES string of the molecule is O=C(CSc1nnc(-c2cccc(Cl)c2)o1)Nc1ccc(S(=O)(=O)[N-]c2nccs2)cc1.[Na+]. The molecule has 0 unspecified atom stereocenters. The summed E-state index contributed by atoms with van der Waals surface area (Å²) in [6, 6.07) is 12.7. The van der Waals surface area contributed by atoms with Gasteiger partial charge in [0.15, 0.2) is 0 Å². The van der Waals surface area contributed by atoms with E-state index in [1.54, 1.807) is 29.6 Å². The molecule has 0 radical (unpaired) electrons. The number of thioether (sulfide) groups is 1. The molecule has 9 nitrogen and oxygen atoms in total. The summed E-state index contributed by atoms with van der Waals surface area (Å²) >= 11 is 8.15. The van der Waals surface area contributed by atoms with Crippen LogP contribution in [-0.2, 0) is 14.8 Å². The molecule has 164 valence electrons. The molecule has 0 spiro atoms. The van der Waals surface area contributed by atoms with Crippen molar-refractivity contribution in [2.24, 2.45) is 0 Å². The zero-order chi connectivity index (χ0) is 22.6. The minimum Gasteiger partial charge on any atom is -0.433 e. The molecule has 33 heavy (non-hydrogen) atoms. The quantitative estimate of drug-likeness (QED) is 0.271. The fourth-order valence-corrected chi connectivity index (χ4v) is 4.88. The van der Waals surface area contributed by atoms with Crippen molar-refractivity contribution in [2.45, 2.75) is 10.1 Å². The van der Waals surface area contributed by atoms with Crippen LogP contribution in [-0.4, -0.2) is 35.3 Å². The molecule has 1 N–H and O–H groups in total. The molecule has 14 heteroatoms. The van der Waals surface area contributed by atoms with Crippen LogP contribution in [0.2, 0.25) is 5.02 Å². The summed E-state index contributed by atoms with van der Waals surface area (Å²) in [5, 5.41) is 13.1. The molecule has 0 atom stereocenters. The third kappa shape index (κ3) is 7.03. The maximum absolute atomic E-state index is 12.3. The van der Waals surface area contributed by atoms with Crippen molar-refractivity contribution in [1.29, 1.82) is 0 Å². The van der Waals surface area contributed by atoms with Gasteiger partial charge in [0.05, 0.1) is 10.6 Å². The maximum atomic E-state index is 12.3. The number of hydrogen-bond donors (Lipinski definition) is 1. The second-order valence-corrected chi connectivity index (χ2v) is 9.97. The number of carbonyl (C=O) groups is 1. The topological polar surface area (TPSA) is 129 Å². The Labute approximate surface area is 224 Å². The second-order valence-electron chi connectivity index (χ2n) is 6.13. The summed E-state index contributed by atoms with van der Waals surface area (Å²) in [6.07, 6.45) is 1.47. The smallest absolute Gasteiger partial charge is 0.433 e. The predicted octanol–water partition coefficient (Wildman–Crippen LogP) is 1.98. The van der Waals surface area contributed by atoms with Gasteiger partial charge in [-0.2, -0.15) is 11.3 Å². The number of carbonyl (C=O) groups excluding carboxylic acids is 1. The van der Waals surface area contributed by atoms with Crippen molar-refractivity contribution in [3.8, 4) is 11.5 Å². The van der Waals surface area contributed by atoms with Crippen LogP contribution in [0.5, 0.6) is 0 Å². The number of rotatable bonds is 8. The first-order chi connectivity index (χ1) is 15.4. The number of benzene rings is 2. The van der Waals surface area contributed by atoms with Crippen molar-refractivity contribution in [2.75, 3.05) is 11.1 Å². The normalized spacial score (nSPS) is 10.9. The van der Waals surface area contributed by atoms with Crippen LogP contribution in [0.4, 0.5) is 10.8 Å². The van der Waals surface area contributed by atoms with Crippen molar-refractivity contribution in [3.63, 3.8) is 0 Å². The first kappa shape index (κ1) is 25.7. The monoisotopic (exact) mass is 529 g/mol. The van der Waals surface area contributed by atoms with E-state index in [0.717, 1.165) is 23.1 Å². The molecule has 1 amide bonds. The Morgan fingerprint density at radius 1 is 1.18 bits per heavy atom. The Morgan fingerprint density at radius 2 is 1.97 bits per heavy atom. The molecule has 2 heterocycles. The van der Waals surface area contributed by atoms with Crippen molar-refractivity contribution < 1.29 is 47.2 Å². The van der Waals surface area contributed by atoms with Crippen LogP contribution in [0.1, 0.15) is 0 Å². The van der Waals surface area contributed by atoms with E-state index in [9.17, 15) is 13.2 Å². The van der Waals surface area contributed by atoms with E-state index in [1.807, 2.05) is 0 Å². The average Bonchev–Trinajstić information content (AvgIpc) is 3.44. The van der Waals surface area contributed by atoms with E-state index in [2.05, 4.69) is 25.2 Å². The minimum atomic E-state index is -3.88. The van der Waals surface area contributed by atoms with E-state index in [1.165, 1.54) is 30.5 Å². The third-order valence-electron chi connectivity index (χ3n) is 3.86. The van der Waals surface area contributed by atoms with Crippen LogP contribution < -0.4 is 34.9 Å². The van der Waals surface area contributed by atoms with Gasteiger partial charge in [-0.1, -0.05) is 35.6 Å². The van der Waals surface area contributed by atoms with Gasteiger partial charge in [0, 0.05) is 21.4 Å². The van der Waals surface area contributed by atoms with Gasteiger partial charge in [-0.15, -0.1) is 10.2 Å². The molecule has 4 aromatic rings. The number of amides is 1. The molecule has 4 rings (SSSR count). The van der Waals surface area contributed by atoms with Crippen LogP contribution in [0.3, 0.4) is 0 Å². The van der Waals surface area contributed by atoms with Gasteiger partial charge in [-0.25, -0.2) is 8.42 Å². The van der Waals surface area contributed by atoms with Crippen molar-refractivity contribution in [3.05, 3.63) is 69.9 Å².